The quantitative estimate of drug-likeness (QED) is 0.233. The first-order valence-corrected chi connectivity index (χ1v) is 15.0. The number of nitrogens with zero attached hydrogens (tertiary/aromatic N) is 5. The van der Waals surface area contributed by atoms with Gasteiger partial charge in [0.1, 0.15) is 18.2 Å². The average Bonchev–Trinajstić information content (AvgIpc) is 3.29. The summed E-state index contributed by atoms with van der Waals surface area (Å²) in [4.78, 5) is 25.4. The Morgan fingerprint density at radius 3 is 2.53 bits per heavy atom. The Kier molecular flexibility index (Phi) is 9.68. The number of benzene rings is 1. The largest absolute Gasteiger partial charge is 0.465 e. The topological polar surface area (TPSA) is 125 Å². The van der Waals surface area contributed by atoms with E-state index in [9.17, 15) is 9.36 Å². The maximum atomic E-state index is 14.7. The van der Waals surface area contributed by atoms with Gasteiger partial charge in [-0.2, -0.15) is 0 Å². The van der Waals surface area contributed by atoms with Gasteiger partial charge in [-0.1, -0.05) is 36.8 Å². The van der Waals surface area contributed by atoms with Gasteiger partial charge in [-0.15, -0.1) is 0 Å². The van der Waals surface area contributed by atoms with Crippen LogP contribution in [0.1, 0.15) is 58.2 Å². The summed E-state index contributed by atoms with van der Waals surface area (Å²) in [6, 6.07) is 8.02. The fourth-order valence-electron chi connectivity index (χ4n) is 4.30. The zero-order valence-electron chi connectivity index (χ0n) is 23.5. The van der Waals surface area contributed by atoms with Crippen molar-refractivity contribution in [3.63, 3.8) is 0 Å². The molecule has 3 atom stereocenters. The Balaban J connectivity index is 1.81. The second-order valence-electron chi connectivity index (χ2n) is 10.6. The molecule has 0 radical (unpaired) electrons. The number of aryl methyl sites for hydroxylation is 1. The minimum atomic E-state index is -3.21. The lowest BCUT2D eigenvalue weighted by Crippen LogP contribution is -2.35. The highest BCUT2D eigenvalue weighted by Gasteiger charge is 2.42. The number of imidazole rings is 1. The van der Waals surface area contributed by atoms with E-state index in [1.54, 1.807) is 20.2 Å². The number of nitrogen functional groups attached to an aromatic ring is 1. The van der Waals surface area contributed by atoms with E-state index in [1.807, 2.05) is 68.2 Å². The smallest absolute Gasteiger partial charge is 0.312 e. The first-order chi connectivity index (χ1) is 17.9. The lowest BCUT2D eigenvalue weighted by molar-refractivity contribution is -0.152. The third-order valence-corrected chi connectivity index (χ3v) is 10.1. The second-order valence-corrected chi connectivity index (χ2v) is 13.5. The fraction of sp³-hybridized carbons (Fsp3) is 0.556. The number of fused-ring (bicyclic) bond motifs is 1. The minimum Gasteiger partial charge on any atom is -0.465 e. The molecule has 11 heteroatoms. The van der Waals surface area contributed by atoms with Crippen LogP contribution in [0.25, 0.3) is 11.2 Å². The highest BCUT2D eigenvalue weighted by molar-refractivity contribution is 7.61. The molecule has 3 aromatic rings. The lowest BCUT2D eigenvalue weighted by atomic mass is 9.97. The monoisotopic (exact) mass is 544 g/mol. The van der Waals surface area contributed by atoms with Crippen molar-refractivity contribution >= 4 is 30.2 Å². The fourth-order valence-corrected chi connectivity index (χ4v) is 7.42. The van der Waals surface area contributed by atoms with Crippen molar-refractivity contribution in [2.24, 2.45) is 5.41 Å². The molecule has 2 aromatic heterocycles. The molecule has 2 N–H and O–H groups in total. The molecular weight excluding hydrogens is 503 g/mol. The number of aromatic nitrogens is 4. The van der Waals surface area contributed by atoms with Gasteiger partial charge in [0.2, 0.25) is 0 Å². The van der Waals surface area contributed by atoms with Crippen LogP contribution in [0, 0.1) is 12.3 Å². The lowest BCUT2D eigenvalue weighted by Gasteiger charge is -2.37. The van der Waals surface area contributed by atoms with E-state index in [-0.39, 0.29) is 30.6 Å². The van der Waals surface area contributed by atoms with Crippen LogP contribution in [-0.4, -0.2) is 62.4 Å². The summed E-state index contributed by atoms with van der Waals surface area (Å²) in [5.41, 5.74) is 8.30. The molecule has 0 spiro atoms. The zero-order chi connectivity index (χ0) is 28.1. The van der Waals surface area contributed by atoms with Gasteiger partial charge >= 0.3 is 5.97 Å². The number of hydrogen-bond acceptors (Lipinski definition) is 8. The van der Waals surface area contributed by atoms with Crippen molar-refractivity contribution in [1.29, 1.82) is 0 Å². The van der Waals surface area contributed by atoms with Crippen LogP contribution in [0.15, 0.2) is 36.9 Å². The number of rotatable bonds is 13. The second kappa shape index (κ2) is 12.4. The Morgan fingerprint density at radius 2 is 1.87 bits per heavy atom. The molecular formula is C27H41N6O4P. The van der Waals surface area contributed by atoms with Gasteiger partial charge in [0.05, 0.1) is 31.0 Å². The summed E-state index contributed by atoms with van der Waals surface area (Å²) >= 11 is 0. The van der Waals surface area contributed by atoms with E-state index in [4.69, 9.17) is 15.2 Å². The molecule has 1 aromatic carbocycles. The van der Waals surface area contributed by atoms with E-state index < -0.39 is 12.7 Å². The Bertz CT molecular complexity index is 1280. The molecule has 3 rings (SSSR count). The van der Waals surface area contributed by atoms with Crippen LogP contribution >= 0.6 is 7.29 Å². The molecule has 0 amide bonds. The van der Waals surface area contributed by atoms with Crippen LogP contribution in [0.5, 0.6) is 0 Å². The molecule has 1 unspecified atom stereocenters. The molecule has 0 bridgehead atoms. The predicted octanol–water partition coefficient (Wildman–Crippen LogP) is 5.03. The third-order valence-electron chi connectivity index (χ3n) is 6.77. The molecule has 2 heterocycles. The van der Waals surface area contributed by atoms with Gasteiger partial charge < -0.3 is 24.3 Å². The maximum absolute atomic E-state index is 14.7. The van der Waals surface area contributed by atoms with Gasteiger partial charge in [-0.25, -0.2) is 19.6 Å². The van der Waals surface area contributed by atoms with Gasteiger partial charge in [0.25, 0.3) is 0 Å². The highest BCUT2D eigenvalue weighted by atomic mass is 31.2. The summed E-state index contributed by atoms with van der Waals surface area (Å²) in [5.74, 6) is -0.0399. The highest BCUT2D eigenvalue weighted by Crippen LogP contribution is 2.56. The number of carbonyl (C=O) groups is 1. The third kappa shape index (κ3) is 6.98. The van der Waals surface area contributed by atoms with Crippen LogP contribution in [0.2, 0.25) is 0 Å². The van der Waals surface area contributed by atoms with Gasteiger partial charge in [0, 0.05) is 12.2 Å². The number of esters is 1. The Labute approximate surface area is 225 Å². The normalized spacial score (nSPS) is 15.4. The molecule has 38 heavy (non-hydrogen) atoms. The summed E-state index contributed by atoms with van der Waals surface area (Å²) in [6.45, 7) is 12.2. The van der Waals surface area contributed by atoms with E-state index in [0.717, 1.165) is 17.5 Å². The van der Waals surface area contributed by atoms with E-state index in [1.165, 1.54) is 6.33 Å². The minimum absolute atomic E-state index is 0.0187. The summed E-state index contributed by atoms with van der Waals surface area (Å²) < 4.78 is 30.1. The number of ether oxygens (including phenoxy) is 2. The van der Waals surface area contributed by atoms with Crippen molar-refractivity contribution in [1.82, 2.24) is 24.2 Å². The van der Waals surface area contributed by atoms with Crippen molar-refractivity contribution in [3.05, 3.63) is 48.0 Å². The number of anilines is 1. The first kappa shape index (κ1) is 29.7. The molecule has 208 valence electrons. The number of nitrogens with two attached hydrogens (primary N) is 1. The average molecular weight is 545 g/mol. The summed E-state index contributed by atoms with van der Waals surface area (Å²) in [6.07, 6.45) is 3.57. The Hall–Kier alpha value is -2.81. The molecule has 0 aliphatic rings. The standard InChI is InChI=1S/C27H41N6O4P/c1-8-13-36-26(34)27(5,6)15-38(35,32(7)21(4)22-11-9-19(2)10-12-22)18-37-20(3)14-33-17-31-23-24(28)29-16-30-25(23)33/h9-12,16-17,20-21H,8,13-15,18H2,1-7H3,(H2,28,29,30)/t20-,21-,38?/m1/s1. The van der Waals surface area contributed by atoms with Crippen LogP contribution < -0.4 is 5.73 Å². The summed E-state index contributed by atoms with van der Waals surface area (Å²) in [7, 11) is -1.37. The van der Waals surface area contributed by atoms with E-state index in [0.29, 0.717) is 30.1 Å². The predicted molar refractivity (Wildman–Crippen MR) is 150 cm³/mol. The van der Waals surface area contributed by atoms with E-state index >= 15 is 0 Å². The molecule has 0 saturated heterocycles. The molecule has 0 aliphatic heterocycles. The van der Waals surface area contributed by atoms with Gasteiger partial charge in [0.15, 0.2) is 18.8 Å². The van der Waals surface area contributed by atoms with Crippen molar-refractivity contribution in [3.8, 4) is 0 Å². The molecule has 0 aliphatic carbocycles. The van der Waals surface area contributed by atoms with Crippen LogP contribution in [-0.2, 0) is 25.4 Å². The van der Waals surface area contributed by atoms with Crippen LogP contribution in [0.4, 0.5) is 5.82 Å². The van der Waals surface area contributed by atoms with Gasteiger partial charge in [-0.05, 0) is 53.7 Å². The molecule has 0 fully saturated rings. The maximum Gasteiger partial charge on any atom is 0.312 e. The van der Waals surface area contributed by atoms with Gasteiger partial charge in [-0.3, -0.25) is 4.79 Å². The number of carbonyl (C=O) groups excluding carboxylic acids is 1. The molecule has 0 saturated carbocycles. The van der Waals surface area contributed by atoms with Crippen molar-refractivity contribution in [2.75, 3.05) is 31.9 Å². The number of hydrogen-bond donors (Lipinski definition) is 1. The zero-order valence-corrected chi connectivity index (χ0v) is 24.4. The van der Waals surface area contributed by atoms with E-state index in [2.05, 4.69) is 15.0 Å². The van der Waals surface area contributed by atoms with Crippen LogP contribution in [0.3, 0.4) is 0 Å². The van der Waals surface area contributed by atoms with Crippen molar-refractivity contribution in [2.45, 2.75) is 66.7 Å². The Morgan fingerprint density at radius 1 is 1.18 bits per heavy atom. The summed E-state index contributed by atoms with van der Waals surface area (Å²) in [5, 5.41) is 0. The van der Waals surface area contributed by atoms with Crippen molar-refractivity contribution < 1.29 is 18.8 Å². The SMILES string of the molecule is CCCOC(=O)C(C)(C)CP(=O)(CO[C@H](C)Cn1cnc2c(N)ncnc21)N(C)[C@H](C)c1ccc(C)cc1. The first-order valence-electron chi connectivity index (χ1n) is 13.0. The molecule has 10 nitrogen and oxygen atoms in total.